The molecule has 0 saturated heterocycles. The largest absolute Gasteiger partial charge is 0.480 e. The second-order valence-corrected chi connectivity index (χ2v) is 5.25. The Hall–Kier alpha value is -2.44. The fourth-order valence-corrected chi connectivity index (χ4v) is 2.01. The molecule has 2 N–H and O–H groups in total. The summed E-state index contributed by atoms with van der Waals surface area (Å²) in [4.78, 5) is 27.3. The van der Waals surface area contributed by atoms with E-state index >= 15 is 0 Å². The molecule has 0 bridgehead atoms. The molecule has 0 radical (unpaired) electrons. The van der Waals surface area contributed by atoms with E-state index in [1.54, 1.807) is 23.9 Å². The van der Waals surface area contributed by atoms with Crippen LogP contribution in [-0.2, 0) is 4.79 Å². The zero-order valence-corrected chi connectivity index (χ0v) is 12.4. The van der Waals surface area contributed by atoms with Gasteiger partial charge < -0.3 is 10.4 Å². The van der Waals surface area contributed by atoms with E-state index in [0.717, 1.165) is 5.39 Å². The Morgan fingerprint density at radius 3 is 2.57 bits per heavy atom. The minimum Gasteiger partial charge on any atom is -0.480 e. The number of carbonyl (C=O) groups excluding carboxylic acids is 1. The number of fused-ring (bicyclic) bond motifs is 1. The van der Waals surface area contributed by atoms with Gasteiger partial charge in [0.2, 0.25) is 0 Å². The number of hydrogen-bond acceptors (Lipinski definition) is 4. The minimum atomic E-state index is -1.08. The molecular formula is C14H18N4O3. The number of aliphatic carboxylic acids is 1. The first-order valence-corrected chi connectivity index (χ1v) is 6.69. The predicted octanol–water partition coefficient (Wildman–Crippen LogP) is 1.52. The van der Waals surface area contributed by atoms with Crippen LogP contribution in [0, 0.1) is 6.92 Å². The highest BCUT2D eigenvalue weighted by molar-refractivity contribution is 5.99. The Bertz CT molecular complexity index is 706. The summed E-state index contributed by atoms with van der Waals surface area (Å²) in [5.74, 6) is -1.53. The van der Waals surface area contributed by atoms with Gasteiger partial charge in [0.25, 0.3) is 5.91 Å². The van der Waals surface area contributed by atoms with Crippen molar-refractivity contribution in [2.75, 3.05) is 0 Å². The van der Waals surface area contributed by atoms with E-state index in [1.807, 2.05) is 13.8 Å². The number of aryl methyl sites for hydroxylation is 1. The lowest BCUT2D eigenvalue weighted by Crippen LogP contribution is -2.38. The number of carboxylic acids is 1. The molecule has 0 aliphatic carbocycles. The van der Waals surface area contributed by atoms with Gasteiger partial charge in [0.1, 0.15) is 6.04 Å². The van der Waals surface area contributed by atoms with Gasteiger partial charge >= 0.3 is 5.97 Å². The van der Waals surface area contributed by atoms with Gasteiger partial charge in [-0.3, -0.25) is 9.59 Å². The predicted molar refractivity (Wildman–Crippen MR) is 77.2 cm³/mol. The van der Waals surface area contributed by atoms with Gasteiger partial charge in [-0.15, -0.1) is 0 Å². The van der Waals surface area contributed by atoms with Crippen molar-refractivity contribution >= 4 is 22.9 Å². The maximum atomic E-state index is 12.1. The Morgan fingerprint density at radius 2 is 2.00 bits per heavy atom. The van der Waals surface area contributed by atoms with Crippen molar-refractivity contribution in [2.24, 2.45) is 0 Å². The number of nitrogens with one attached hydrogen (secondary N) is 1. The van der Waals surface area contributed by atoms with E-state index in [4.69, 9.17) is 5.11 Å². The van der Waals surface area contributed by atoms with Crippen molar-refractivity contribution in [3.05, 3.63) is 23.5 Å². The SMILES string of the molecule is Cc1nc2c(cnn2C(C)C)cc1C(=O)N[C@H](C)C(=O)O. The number of carbonyl (C=O) groups is 2. The highest BCUT2D eigenvalue weighted by Crippen LogP contribution is 2.19. The highest BCUT2D eigenvalue weighted by Gasteiger charge is 2.19. The number of pyridine rings is 1. The number of rotatable bonds is 4. The summed E-state index contributed by atoms with van der Waals surface area (Å²) in [6.07, 6.45) is 1.65. The number of aromatic nitrogens is 3. The lowest BCUT2D eigenvalue weighted by molar-refractivity contribution is -0.138. The molecular weight excluding hydrogens is 272 g/mol. The zero-order valence-electron chi connectivity index (χ0n) is 12.4. The van der Waals surface area contributed by atoms with Crippen LogP contribution in [0.15, 0.2) is 12.3 Å². The Labute approximate surface area is 122 Å². The average Bonchev–Trinajstić information content (AvgIpc) is 2.80. The van der Waals surface area contributed by atoms with Crippen molar-refractivity contribution in [1.82, 2.24) is 20.1 Å². The van der Waals surface area contributed by atoms with Gasteiger partial charge in [0.15, 0.2) is 5.65 Å². The van der Waals surface area contributed by atoms with Gasteiger partial charge in [-0.1, -0.05) is 0 Å². The third-order valence-corrected chi connectivity index (χ3v) is 3.21. The van der Waals surface area contributed by atoms with Gasteiger partial charge in [0, 0.05) is 11.4 Å². The Kier molecular flexibility index (Phi) is 3.93. The van der Waals surface area contributed by atoms with E-state index < -0.39 is 17.9 Å². The summed E-state index contributed by atoms with van der Waals surface area (Å²) in [6, 6.07) is 0.903. The lowest BCUT2D eigenvalue weighted by Gasteiger charge is -2.11. The topological polar surface area (TPSA) is 97.1 Å². The van der Waals surface area contributed by atoms with Crippen LogP contribution in [0.5, 0.6) is 0 Å². The van der Waals surface area contributed by atoms with Crippen molar-refractivity contribution in [2.45, 2.75) is 39.8 Å². The molecule has 21 heavy (non-hydrogen) atoms. The van der Waals surface area contributed by atoms with Gasteiger partial charge in [-0.25, -0.2) is 9.67 Å². The lowest BCUT2D eigenvalue weighted by atomic mass is 10.1. The molecule has 7 nitrogen and oxygen atoms in total. The van der Waals surface area contributed by atoms with Crippen LogP contribution < -0.4 is 5.32 Å². The molecule has 2 rings (SSSR count). The summed E-state index contributed by atoms with van der Waals surface area (Å²) >= 11 is 0. The van der Waals surface area contributed by atoms with E-state index in [2.05, 4.69) is 15.4 Å². The van der Waals surface area contributed by atoms with Crippen LogP contribution in [0.2, 0.25) is 0 Å². The first kappa shape index (κ1) is 15.0. The highest BCUT2D eigenvalue weighted by atomic mass is 16.4. The van der Waals surface area contributed by atoms with Crippen molar-refractivity contribution in [1.29, 1.82) is 0 Å². The molecule has 0 aliphatic rings. The maximum Gasteiger partial charge on any atom is 0.325 e. The standard InChI is InChI=1S/C14H18N4O3/c1-7(2)18-12-10(6-15-18)5-11(8(3)16-12)13(19)17-9(4)14(20)21/h5-7,9H,1-4H3,(H,17,19)(H,20,21)/t9-/m1/s1. The van der Waals surface area contributed by atoms with Gasteiger partial charge in [-0.2, -0.15) is 5.10 Å². The van der Waals surface area contributed by atoms with Crippen LogP contribution in [0.4, 0.5) is 0 Å². The van der Waals surface area contributed by atoms with Crippen LogP contribution in [0.25, 0.3) is 11.0 Å². The molecule has 0 fully saturated rings. The summed E-state index contributed by atoms with van der Waals surface area (Å²) in [5.41, 5.74) is 1.62. The molecule has 0 aliphatic heterocycles. The number of nitrogens with zero attached hydrogens (tertiary/aromatic N) is 3. The fraction of sp³-hybridized carbons (Fsp3) is 0.429. The molecule has 2 heterocycles. The molecule has 0 unspecified atom stereocenters. The first-order chi connectivity index (χ1) is 9.81. The summed E-state index contributed by atoms with van der Waals surface area (Å²) in [5, 5.41) is 16.3. The molecule has 0 aromatic carbocycles. The summed E-state index contributed by atoms with van der Waals surface area (Å²) in [6.45, 7) is 7.13. The Balaban J connectivity index is 2.40. The maximum absolute atomic E-state index is 12.1. The third-order valence-electron chi connectivity index (χ3n) is 3.21. The van der Waals surface area contributed by atoms with Crippen LogP contribution >= 0.6 is 0 Å². The monoisotopic (exact) mass is 290 g/mol. The molecule has 7 heteroatoms. The zero-order chi connectivity index (χ0) is 15.7. The molecule has 2 aromatic heterocycles. The number of carboxylic acid groups (broad SMARTS) is 1. The average molecular weight is 290 g/mol. The molecule has 2 aromatic rings. The number of amides is 1. The normalized spacial score (nSPS) is 12.6. The molecule has 0 saturated carbocycles. The van der Waals surface area contributed by atoms with Crippen molar-refractivity contribution in [3.8, 4) is 0 Å². The first-order valence-electron chi connectivity index (χ1n) is 6.69. The second-order valence-electron chi connectivity index (χ2n) is 5.25. The second kappa shape index (κ2) is 5.51. The van der Waals surface area contributed by atoms with E-state index in [-0.39, 0.29) is 6.04 Å². The quantitative estimate of drug-likeness (QED) is 0.889. The smallest absolute Gasteiger partial charge is 0.325 e. The van der Waals surface area contributed by atoms with Crippen molar-refractivity contribution in [3.63, 3.8) is 0 Å². The molecule has 112 valence electrons. The minimum absolute atomic E-state index is 0.168. The fourth-order valence-electron chi connectivity index (χ4n) is 2.01. The van der Waals surface area contributed by atoms with Crippen molar-refractivity contribution < 1.29 is 14.7 Å². The van der Waals surface area contributed by atoms with Crippen LogP contribution in [-0.4, -0.2) is 37.8 Å². The molecule has 1 amide bonds. The van der Waals surface area contributed by atoms with Gasteiger partial charge in [0.05, 0.1) is 17.5 Å². The van der Waals surface area contributed by atoms with Crippen LogP contribution in [0.1, 0.15) is 42.9 Å². The van der Waals surface area contributed by atoms with E-state index in [0.29, 0.717) is 16.9 Å². The van der Waals surface area contributed by atoms with E-state index in [1.165, 1.54) is 6.92 Å². The number of hydrogen-bond donors (Lipinski definition) is 2. The van der Waals surface area contributed by atoms with E-state index in [9.17, 15) is 9.59 Å². The summed E-state index contributed by atoms with van der Waals surface area (Å²) < 4.78 is 1.78. The Morgan fingerprint density at radius 1 is 1.33 bits per heavy atom. The molecule has 1 atom stereocenters. The third kappa shape index (κ3) is 2.86. The van der Waals surface area contributed by atoms with Gasteiger partial charge in [-0.05, 0) is 33.8 Å². The van der Waals surface area contributed by atoms with Crippen LogP contribution in [0.3, 0.4) is 0 Å². The summed E-state index contributed by atoms with van der Waals surface area (Å²) in [7, 11) is 0. The molecule has 0 spiro atoms.